The second kappa shape index (κ2) is 4.58. The summed E-state index contributed by atoms with van der Waals surface area (Å²) in [6, 6.07) is 5.73. The zero-order valence-electron chi connectivity index (χ0n) is 8.59. The van der Waals surface area contributed by atoms with Crippen LogP contribution in [0.1, 0.15) is 11.8 Å². The van der Waals surface area contributed by atoms with E-state index in [9.17, 15) is 15.2 Å². The molecule has 2 N–H and O–H groups in total. The van der Waals surface area contributed by atoms with Crippen molar-refractivity contribution in [1.29, 1.82) is 0 Å². The lowest BCUT2D eigenvalue weighted by Crippen LogP contribution is -2.19. The van der Waals surface area contributed by atoms with Crippen molar-refractivity contribution in [3.8, 4) is 0 Å². The normalized spacial score (nSPS) is 12.1. The molecule has 0 saturated heterocycles. The molecule has 1 aromatic heterocycles. The fraction of sp³-hybridized carbons (Fsp3) is 0.111. The Kier molecular flexibility index (Phi) is 2.97. The minimum atomic E-state index is -1.08. The molecule has 8 nitrogen and oxygen atoms in total. The molecule has 17 heavy (non-hydrogen) atoms. The Balaban J connectivity index is 2.16. The third kappa shape index (κ3) is 2.55. The number of aromatic nitrogens is 3. The lowest BCUT2D eigenvalue weighted by atomic mass is 10.2. The molecule has 88 valence electrons. The van der Waals surface area contributed by atoms with Crippen LogP contribution in [0.4, 0.5) is 5.69 Å². The van der Waals surface area contributed by atoms with Crippen LogP contribution in [0.2, 0.25) is 0 Å². The number of aliphatic hydroxyl groups excluding tert-OH is 1. The largest absolute Gasteiger partial charge is 0.368 e. The minimum Gasteiger partial charge on any atom is -0.368 e. The zero-order valence-corrected chi connectivity index (χ0v) is 8.59. The first-order chi connectivity index (χ1) is 8.16. The smallest absolute Gasteiger partial charge is 0.269 e. The fourth-order valence-electron chi connectivity index (χ4n) is 1.29. The van der Waals surface area contributed by atoms with Gasteiger partial charge in [-0.3, -0.25) is 15.5 Å². The van der Waals surface area contributed by atoms with Crippen LogP contribution in [-0.2, 0) is 0 Å². The first-order valence-electron chi connectivity index (χ1n) is 4.70. The Hall–Kier alpha value is -2.48. The summed E-state index contributed by atoms with van der Waals surface area (Å²) in [4.78, 5) is 10.1. The van der Waals surface area contributed by atoms with Crippen molar-refractivity contribution in [1.82, 2.24) is 14.9 Å². The van der Waals surface area contributed by atoms with E-state index < -0.39 is 11.2 Å². The summed E-state index contributed by atoms with van der Waals surface area (Å²) in [5, 5.41) is 27.5. The molecule has 1 aromatic carbocycles. The molecule has 2 aromatic rings. The van der Waals surface area contributed by atoms with E-state index in [4.69, 9.17) is 0 Å². The number of hydrogen-bond acceptors (Lipinski definition) is 6. The van der Waals surface area contributed by atoms with Crippen LogP contribution in [0.15, 0.2) is 36.9 Å². The molecule has 0 aliphatic heterocycles. The Morgan fingerprint density at radius 1 is 1.41 bits per heavy atom. The number of nitro groups is 1. The molecule has 0 aliphatic carbocycles. The van der Waals surface area contributed by atoms with Crippen molar-refractivity contribution in [2.75, 3.05) is 5.43 Å². The second-order valence-corrected chi connectivity index (χ2v) is 3.25. The number of non-ortho nitro benzene ring substituents is 1. The molecule has 0 spiro atoms. The Morgan fingerprint density at radius 2 is 2.12 bits per heavy atom. The van der Waals surface area contributed by atoms with Gasteiger partial charge in [0.25, 0.3) is 5.69 Å². The lowest BCUT2D eigenvalue weighted by Gasteiger charge is -2.13. The topological polar surface area (TPSA) is 106 Å². The summed E-state index contributed by atoms with van der Waals surface area (Å²) >= 11 is 0. The van der Waals surface area contributed by atoms with E-state index in [-0.39, 0.29) is 5.69 Å². The highest BCUT2D eigenvalue weighted by Gasteiger charge is 2.11. The summed E-state index contributed by atoms with van der Waals surface area (Å²) in [5.74, 6) is 0. The van der Waals surface area contributed by atoms with Crippen molar-refractivity contribution in [2.45, 2.75) is 6.23 Å². The highest BCUT2D eigenvalue weighted by atomic mass is 16.6. The highest BCUT2D eigenvalue weighted by Crippen LogP contribution is 2.18. The molecule has 1 atom stereocenters. The maximum absolute atomic E-state index is 10.6. The summed E-state index contributed by atoms with van der Waals surface area (Å²) in [6.07, 6.45) is 1.65. The van der Waals surface area contributed by atoms with Gasteiger partial charge >= 0.3 is 0 Å². The van der Waals surface area contributed by atoms with Gasteiger partial charge in [0.05, 0.1) is 4.92 Å². The summed E-state index contributed by atoms with van der Waals surface area (Å²) in [5.41, 5.74) is 2.93. The third-order valence-electron chi connectivity index (χ3n) is 2.09. The van der Waals surface area contributed by atoms with Gasteiger partial charge in [0, 0.05) is 17.7 Å². The minimum absolute atomic E-state index is 0.0768. The number of rotatable bonds is 4. The van der Waals surface area contributed by atoms with E-state index in [0.29, 0.717) is 5.56 Å². The lowest BCUT2D eigenvalue weighted by molar-refractivity contribution is -0.385. The monoisotopic (exact) mass is 235 g/mol. The van der Waals surface area contributed by atoms with Crippen LogP contribution in [0.5, 0.6) is 0 Å². The highest BCUT2D eigenvalue weighted by molar-refractivity contribution is 5.35. The van der Waals surface area contributed by atoms with Gasteiger partial charge < -0.3 is 5.11 Å². The molecule has 0 radical (unpaired) electrons. The fourth-order valence-corrected chi connectivity index (χ4v) is 1.29. The van der Waals surface area contributed by atoms with Crippen LogP contribution in [0.3, 0.4) is 0 Å². The predicted molar refractivity (Wildman–Crippen MR) is 57.4 cm³/mol. The Labute approximate surface area is 95.6 Å². The number of aliphatic hydroxyl groups is 1. The maximum Gasteiger partial charge on any atom is 0.269 e. The van der Waals surface area contributed by atoms with E-state index in [0.717, 1.165) is 0 Å². The van der Waals surface area contributed by atoms with E-state index in [1.165, 1.54) is 35.5 Å². The number of nitrogens with one attached hydrogen (secondary N) is 1. The summed E-state index contributed by atoms with van der Waals surface area (Å²) in [7, 11) is 0. The molecule has 0 amide bonds. The molecule has 0 saturated carbocycles. The molecule has 2 rings (SSSR count). The van der Waals surface area contributed by atoms with Gasteiger partial charge in [0.1, 0.15) is 12.7 Å². The number of hydrogen-bond donors (Lipinski definition) is 2. The van der Waals surface area contributed by atoms with Gasteiger partial charge in [-0.15, -0.1) is 10.2 Å². The van der Waals surface area contributed by atoms with Crippen LogP contribution < -0.4 is 5.43 Å². The van der Waals surface area contributed by atoms with Crippen LogP contribution in [-0.4, -0.2) is 24.9 Å². The van der Waals surface area contributed by atoms with Gasteiger partial charge in [-0.05, 0) is 0 Å². The van der Waals surface area contributed by atoms with Crippen LogP contribution in [0.25, 0.3) is 0 Å². The van der Waals surface area contributed by atoms with Gasteiger partial charge in [-0.2, -0.15) is 0 Å². The number of benzene rings is 1. The molecule has 1 heterocycles. The average molecular weight is 235 g/mol. The molecular weight excluding hydrogens is 226 g/mol. The molecular formula is C9H9N5O3. The van der Waals surface area contributed by atoms with Crippen molar-refractivity contribution in [3.63, 3.8) is 0 Å². The summed E-state index contributed by atoms with van der Waals surface area (Å²) < 4.78 is 1.35. The van der Waals surface area contributed by atoms with Gasteiger partial charge in [0.15, 0.2) is 6.23 Å². The van der Waals surface area contributed by atoms with E-state index in [1.54, 1.807) is 6.07 Å². The number of nitro benzene ring substituents is 1. The molecule has 0 unspecified atom stereocenters. The molecule has 8 heteroatoms. The van der Waals surface area contributed by atoms with E-state index in [2.05, 4.69) is 15.6 Å². The quantitative estimate of drug-likeness (QED) is 0.452. The Morgan fingerprint density at radius 3 is 2.76 bits per heavy atom. The van der Waals surface area contributed by atoms with Gasteiger partial charge in [0.2, 0.25) is 0 Å². The summed E-state index contributed by atoms with van der Waals surface area (Å²) in [6.45, 7) is 0. The van der Waals surface area contributed by atoms with Crippen molar-refractivity contribution in [3.05, 3.63) is 52.6 Å². The maximum atomic E-state index is 10.6. The van der Waals surface area contributed by atoms with Crippen molar-refractivity contribution >= 4 is 5.69 Å². The SMILES string of the molecule is O=[N+]([O-])c1cccc([C@@H](O)Nn2cnnc2)c1. The third-order valence-corrected chi connectivity index (χ3v) is 2.09. The van der Waals surface area contributed by atoms with Crippen LogP contribution >= 0.6 is 0 Å². The van der Waals surface area contributed by atoms with E-state index >= 15 is 0 Å². The molecule has 0 fully saturated rings. The standard InChI is InChI=1S/C9H9N5O3/c15-9(12-13-5-10-11-6-13)7-2-1-3-8(4-7)14(16)17/h1-6,9,12,15H/t9-/m1/s1. The zero-order chi connectivity index (χ0) is 12.3. The Bertz CT molecular complexity index is 513. The van der Waals surface area contributed by atoms with Crippen LogP contribution in [0, 0.1) is 10.1 Å². The average Bonchev–Trinajstić information content (AvgIpc) is 2.82. The number of nitrogens with zero attached hydrogens (tertiary/aromatic N) is 4. The predicted octanol–water partition coefficient (Wildman–Crippen LogP) is 0.421. The molecule has 0 aliphatic rings. The van der Waals surface area contributed by atoms with E-state index in [1.807, 2.05) is 0 Å². The first kappa shape index (κ1) is 11.0. The van der Waals surface area contributed by atoms with Gasteiger partial charge in [-0.1, -0.05) is 12.1 Å². The first-order valence-corrected chi connectivity index (χ1v) is 4.70. The van der Waals surface area contributed by atoms with Crippen molar-refractivity contribution in [2.24, 2.45) is 0 Å². The van der Waals surface area contributed by atoms with Crippen molar-refractivity contribution < 1.29 is 10.0 Å². The van der Waals surface area contributed by atoms with Gasteiger partial charge in [-0.25, -0.2) is 4.68 Å². The molecule has 0 bridgehead atoms. The second-order valence-electron chi connectivity index (χ2n) is 3.25.